The summed E-state index contributed by atoms with van der Waals surface area (Å²) in [6.45, 7) is 5.72. The largest absolute Gasteiger partial charge is 0.381 e. The summed E-state index contributed by atoms with van der Waals surface area (Å²) in [5, 5.41) is 3.12. The maximum absolute atomic E-state index is 13.3. The molecule has 1 aliphatic heterocycles. The number of hydrogen-bond donors (Lipinski definition) is 1. The molecule has 1 fully saturated rings. The van der Waals surface area contributed by atoms with Crippen LogP contribution in [0.15, 0.2) is 42.5 Å². The first-order valence-electron chi connectivity index (χ1n) is 8.70. The van der Waals surface area contributed by atoms with Crippen LogP contribution in [0.25, 0.3) is 0 Å². The Bertz CT molecular complexity index is 729. The highest BCUT2D eigenvalue weighted by atomic mass is 19.1. The number of carbonyl (C=O) groups excluding carboxylic acids is 1. The third-order valence-electron chi connectivity index (χ3n) is 5.20. The first-order valence-corrected chi connectivity index (χ1v) is 8.70. The van der Waals surface area contributed by atoms with Crippen molar-refractivity contribution in [2.24, 2.45) is 0 Å². The Kier molecular flexibility index (Phi) is 5.19. The maximum atomic E-state index is 13.3. The first-order chi connectivity index (χ1) is 12.0. The molecule has 0 atom stereocenters. The standard InChI is InChI=1S/C21H24FNO2/c1-15-4-3-5-16(2)19(15)20(24)23-14-21(10-12-25-13-11-21)17-6-8-18(22)9-7-17/h3-9H,10-14H2,1-2H3,(H,23,24). The summed E-state index contributed by atoms with van der Waals surface area (Å²) < 4.78 is 18.8. The second-order valence-electron chi connectivity index (χ2n) is 6.85. The smallest absolute Gasteiger partial charge is 0.251 e. The molecule has 3 rings (SSSR count). The second-order valence-corrected chi connectivity index (χ2v) is 6.85. The topological polar surface area (TPSA) is 38.3 Å². The van der Waals surface area contributed by atoms with Gasteiger partial charge in [-0.25, -0.2) is 4.39 Å². The van der Waals surface area contributed by atoms with E-state index in [0.717, 1.165) is 35.1 Å². The number of rotatable bonds is 4. The minimum absolute atomic E-state index is 0.0522. The molecule has 3 nitrogen and oxygen atoms in total. The number of nitrogens with one attached hydrogen (secondary N) is 1. The molecule has 25 heavy (non-hydrogen) atoms. The van der Waals surface area contributed by atoms with Crippen LogP contribution in [-0.4, -0.2) is 25.7 Å². The van der Waals surface area contributed by atoms with E-state index in [1.807, 2.05) is 44.2 Å². The van der Waals surface area contributed by atoms with Gasteiger partial charge in [-0.2, -0.15) is 0 Å². The lowest BCUT2D eigenvalue weighted by atomic mass is 9.74. The molecule has 0 unspecified atom stereocenters. The van der Waals surface area contributed by atoms with E-state index >= 15 is 0 Å². The molecule has 4 heteroatoms. The molecule has 0 bridgehead atoms. The highest BCUT2D eigenvalue weighted by Crippen LogP contribution is 2.34. The molecular weight excluding hydrogens is 317 g/mol. The fourth-order valence-corrected chi connectivity index (χ4v) is 3.64. The van der Waals surface area contributed by atoms with Crippen molar-refractivity contribution in [3.05, 3.63) is 70.5 Å². The monoisotopic (exact) mass is 341 g/mol. The van der Waals surface area contributed by atoms with Crippen LogP contribution in [0.2, 0.25) is 0 Å². The van der Waals surface area contributed by atoms with E-state index in [0.29, 0.717) is 19.8 Å². The van der Waals surface area contributed by atoms with E-state index < -0.39 is 0 Å². The number of amides is 1. The van der Waals surface area contributed by atoms with Crippen LogP contribution in [0.4, 0.5) is 4.39 Å². The number of carbonyl (C=O) groups is 1. The lowest BCUT2D eigenvalue weighted by molar-refractivity contribution is 0.0487. The van der Waals surface area contributed by atoms with Crippen LogP contribution in [0.3, 0.4) is 0 Å². The van der Waals surface area contributed by atoms with Crippen molar-refractivity contribution in [3.8, 4) is 0 Å². The molecule has 2 aromatic carbocycles. The molecule has 0 saturated carbocycles. The van der Waals surface area contributed by atoms with Crippen molar-refractivity contribution in [2.75, 3.05) is 19.8 Å². The zero-order valence-electron chi connectivity index (χ0n) is 14.8. The van der Waals surface area contributed by atoms with E-state index in [1.165, 1.54) is 12.1 Å². The van der Waals surface area contributed by atoms with Crippen LogP contribution >= 0.6 is 0 Å². The van der Waals surface area contributed by atoms with E-state index in [2.05, 4.69) is 5.32 Å². The van der Waals surface area contributed by atoms with Gasteiger partial charge in [-0.05, 0) is 55.5 Å². The molecule has 2 aromatic rings. The zero-order valence-corrected chi connectivity index (χ0v) is 14.8. The minimum atomic E-state index is -0.245. The number of aryl methyl sites for hydroxylation is 2. The van der Waals surface area contributed by atoms with Gasteiger partial charge in [0.05, 0.1) is 0 Å². The van der Waals surface area contributed by atoms with Crippen molar-refractivity contribution in [1.29, 1.82) is 0 Å². The molecular formula is C21H24FNO2. The summed E-state index contributed by atoms with van der Waals surface area (Å²) in [6.07, 6.45) is 1.62. The summed E-state index contributed by atoms with van der Waals surface area (Å²) in [5.41, 5.74) is 3.53. The Balaban J connectivity index is 1.82. The second kappa shape index (κ2) is 7.36. The third kappa shape index (κ3) is 3.74. The summed E-state index contributed by atoms with van der Waals surface area (Å²) >= 11 is 0. The van der Waals surface area contributed by atoms with Gasteiger partial charge in [-0.15, -0.1) is 0 Å². The number of hydrogen-bond acceptors (Lipinski definition) is 2. The van der Waals surface area contributed by atoms with E-state index in [1.54, 1.807) is 0 Å². The molecule has 1 amide bonds. The molecule has 132 valence electrons. The molecule has 0 aromatic heterocycles. The number of benzene rings is 2. The maximum Gasteiger partial charge on any atom is 0.251 e. The quantitative estimate of drug-likeness (QED) is 0.915. The molecule has 1 aliphatic rings. The predicted octanol–water partition coefficient (Wildman–Crippen LogP) is 3.92. The van der Waals surface area contributed by atoms with Crippen LogP contribution in [0.5, 0.6) is 0 Å². The summed E-state index contributed by atoms with van der Waals surface area (Å²) in [6, 6.07) is 12.5. The van der Waals surface area contributed by atoms with E-state index in [4.69, 9.17) is 4.74 Å². The summed E-state index contributed by atoms with van der Waals surface area (Å²) in [5.74, 6) is -0.297. The first kappa shape index (κ1) is 17.6. The van der Waals surface area contributed by atoms with Gasteiger partial charge >= 0.3 is 0 Å². The molecule has 1 saturated heterocycles. The molecule has 1 N–H and O–H groups in total. The van der Waals surface area contributed by atoms with Crippen molar-refractivity contribution in [2.45, 2.75) is 32.1 Å². The van der Waals surface area contributed by atoms with E-state index in [9.17, 15) is 9.18 Å². The van der Waals surface area contributed by atoms with Gasteiger partial charge < -0.3 is 10.1 Å². The Hall–Kier alpha value is -2.20. The fourth-order valence-electron chi connectivity index (χ4n) is 3.64. The summed E-state index contributed by atoms with van der Waals surface area (Å²) in [7, 11) is 0. The predicted molar refractivity (Wildman–Crippen MR) is 96.4 cm³/mol. The van der Waals surface area contributed by atoms with Gasteiger partial charge in [0.1, 0.15) is 5.82 Å². The van der Waals surface area contributed by atoms with Gasteiger partial charge in [0.2, 0.25) is 0 Å². The number of halogens is 1. The number of ether oxygens (including phenoxy) is 1. The summed E-state index contributed by atoms with van der Waals surface area (Å²) in [4.78, 5) is 12.8. The lowest BCUT2D eigenvalue weighted by Crippen LogP contribution is -2.44. The molecule has 0 spiro atoms. The van der Waals surface area contributed by atoms with Crippen LogP contribution in [0.1, 0.15) is 39.9 Å². The van der Waals surface area contributed by atoms with Gasteiger partial charge in [-0.3, -0.25) is 4.79 Å². The van der Waals surface area contributed by atoms with Crippen molar-refractivity contribution < 1.29 is 13.9 Å². The van der Waals surface area contributed by atoms with Crippen LogP contribution in [0, 0.1) is 19.7 Å². The van der Waals surface area contributed by atoms with Crippen molar-refractivity contribution in [3.63, 3.8) is 0 Å². The van der Waals surface area contributed by atoms with Crippen molar-refractivity contribution >= 4 is 5.91 Å². The normalized spacial score (nSPS) is 16.4. The molecule has 1 heterocycles. The zero-order chi connectivity index (χ0) is 17.9. The SMILES string of the molecule is Cc1cccc(C)c1C(=O)NCC1(c2ccc(F)cc2)CCOCC1. The van der Waals surface area contributed by atoms with Crippen LogP contribution < -0.4 is 5.32 Å². The highest BCUT2D eigenvalue weighted by Gasteiger charge is 2.35. The lowest BCUT2D eigenvalue weighted by Gasteiger charge is -2.38. The Morgan fingerprint density at radius 3 is 2.28 bits per heavy atom. The van der Waals surface area contributed by atoms with Gasteiger partial charge in [-0.1, -0.05) is 30.3 Å². The van der Waals surface area contributed by atoms with Crippen molar-refractivity contribution in [1.82, 2.24) is 5.32 Å². The third-order valence-corrected chi connectivity index (χ3v) is 5.20. The Morgan fingerprint density at radius 1 is 1.08 bits per heavy atom. The minimum Gasteiger partial charge on any atom is -0.381 e. The van der Waals surface area contributed by atoms with Gasteiger partial charge in [0, 0.05) is 30.7 Å². The van der Waals surface area contributed by atoms with Gasteiger partial charge in [0.15, 0.2) is 0 Å². The fraction of sp³-hybridized carbons (Fsp3) is 0.381. The highest BCUT2D eigenvalue weighted by molar-refractivity contribution is 5.97. The average molecular weight is 341 g/mol. The molecule has 0 aliphatic carbocycles. The molecule has 0 radical (unpaired) electrons. The van der Waals surface area contributed by atoms with E-state index in [-0.39, 0.29) is 17.1 Å². The Morgan fingerprint density at radius 2 is 1.68 bits per heavy atom. The van der Waals surface area contributed by atoms with Crippen LogP contribution in [-0.2, 0) is 10.2 Å². The Labute approximate surface area is 148 Å². The van der Waals surface area contributed by atoms with Gasteiger partial charge in [0.25, 0.3) is 5.91 Å². The average Bonchev–Trinajstić information content (AvgIpc) is 2.61.